The van der Waals surface area contributed by atoms with Crippen LogP contribution in [0.4, 0.5) is 18.9 Å². The summed E-state index contributed by atoms with van der Waals surface area (Å²) in [5.41, 5.74) is 3.92. The smallest absolute Gasteiger partial charge is 0.416 e. The van der Waals surface area contributed by atoms with Crippen molar-refractivity contribution in [1.29, 1.82) is 0 Å². The predicted octanol–water partition coefficient (Wildman–Crippen LogP) is 4.26. The summed E-state index contributed by atoms with van der Waals surface area (Å²) >= 11 is 0. The molecule has 1 aromatic heterocycles. The van der Waals surface area contributed by atoms with Gasteiger partial charge in [-0.05, 0) is 52.4 Å². The van der Waals surface area contributed by atoms with E-state index in [1.807, 2.05) is 24.3 Å². The number of pyridine rings is 1. The molecular weight excluding hydrogens is 587 g/mol. The van der Waals surface area contributed by atoms with E-state index >= 15 is 0 Å². The molecule has 9 nitrogen and oxygen atoms in total. The van der Waals surface area contributed by atoms with Crippen molar-refractivity contribution in [2.45, 2.75) is 36.5 Å². The number of rotatable bonds is 8. The number of fused-ring (bicyclic) bond motifs is 2. The number of sulfonamides is 1. The van der Waals surface area contributed by atoms with Gasteiger partial charge < -0.3 is 15.9 Å². The zero-order valence-electron chi connectivity index (χ0n) is 22.7. The SMILES string of the molecule is Nc1c(Cc2cccc3ccccc23)c(-c2cccc(C(F)(F)F)c2)c2n(c1=O)C(C(=O)O)CN(CCCCO)S2(=O)=O. The van der Waals surface area contributed by atoms with Gasteiger partial charge in [0.05, 0.1) is 5.56 Å². The molecule has 3 aromatic carbocycles. The van der Waals surface area contributed by atoms with Gasteiger partial charge in [0.25, 0.3) is 15.6 Å². The summed E-state index contributed by atoms with van der Waals surface area (Å²) < 4.78 is 71.3. The molecule has 0 saturated carbocycles. The number of nitrogen functional groups attached to an aromatic ring is 1. The molecule has 1 atom stereocenters. The molecule has 1 aliphatic rings. The first-order chi connectivity index (χ1) is 20.4. The Kier molecular flexibility index (Phi) is 8.07. The van der Waals surface area contributed by atoms with Crippen molar-refractivity contribution in [3.63, 3.8) is 0 Å². The molecule has 0 bridgehead atoms. The summed E-state index contributed by atoms with van der Waals surface area (Å²) in [5.74, 6) is -1.51. The monoisotopic (exact) mass is 615 g/mol. The number of aromatic nitrogens is 1. The average Bonchev–Trinajstić information content (AvgIpc) is 2.96. The number of aliphatic carboxylic acids is 1. The highest BCUT2D eigenvalue weighted by molar-refractivity contribution is 7.89. The van der Waals surface area contributed by atoms with Gasteiger partial charge in [-0.3, -0.25) is 9.36 Å². The first kappa shape index (κ1) is 30.3. The van der Waals surface area contributed by atoms with Crippen molar-refractivity contribution in [3.8, 4) is 11.1 Å². The minimum absolute atomic E-state index is 0.0307. The topological polar surface area (TPSA) is 143 Å². The van der Waals surface area contributed by atoms with Crippen LogP contribution in [0.5, 0.6) is 0 Å². The number of carboxylic acids is 1. The molecule has 4 aromatic rings. The van der Waals surface area contributed by atoms with Crippen molar-refractivity contribution in [2.24, 2.45) is 0 Å². The molecule has 0 amide bonds. The maximum Gasteiger partial charge on any atom is 0.416 e. The molecule has 5 rings (SSSR count). The van der Waals surface area contributed by atoms with Gasteiger partial charge >= 0.3 is 12.1 Å². The Morgan fingerprint density at radius 3 is 2.42 bits per heavy atom. The maximum absolute atomic E-state index is 14.2. The van der Waals surface area contributed by atoms with Crippen LogP contribution >= 0.6 is 0 Å². The Hall–Kier alpha value is -4.20. The van der Waals surface area contributed by atoms with E-state index in [0.717, 1.165) is 33.3 Å². The molecule has 2 heterocycles. The zero-order chi connectivity index (χ0) is 31.1. The molecule has 0 fully saturated rings. The van der Waals surface area contributed by atoms with Crippen LogP contribution in [0.3, 0.4) is 0 Å². The zero-order valence-corrected chi connectivity index (χ0v) is 23.5. The number of benzene rings is 3. The number of halogens is 3. The second-order valence-corrected chi connectivity index (χ2v) is 12.1. The lowest BCUT2D eigenvalue weighted by Crippen LogP contribution is -2.50. The Balaban J connectivity index is 1.88. The minimum atomic E-state index is -4.78. The van der Waals surface area contributed by atoms with Crippen LogP contribution in [-0.4, -0.2) is 53.2 Å². The number of carboxylic acid groups (broad SMARTS) is 1. The molecule has 0 aliphatic carbocycles. The van der Waals surface area contributed by atoms with Gasteiger partial charge in [-0.2, -0.15) is 17.5 Å². The van der Waals surface area contributed by atoms with Gasteiger partial charge in [-0.15, -0.1) is 0 Å². The lowest BCUT2D eigenvalue weighted by Gasteiger charge is -2.35. The van der Waals surface area contributed by atoms with Crippen LogP contribution < -0.4 is 11.3 Å². The summed E-state index contributed by atoms with van der Waals surface area (Å²) in [4.78, 5) is 26.2. The number of nitrogens with two attached hydrogens (primary N) is 1. The molecule has 0 spiro atoms. The Labute approximate surface area is 244 Å². The van der Waals surface area contributed by atoms with Crippen molar-refractivity contribution in [3.05, 3.63) is 93.8 Å². The maximum atomic E-state index is 14.2. The van der Waals surface area contributed by atoms with E-state index < -0.39 is 56.6 Å². The minimum Gasteiger partial charge on any atom is -0.480 e. The fourth-order valence-electron chi connectivity index (χ4n) is 5.54. The predicted molar refractivity (Wildman–Crippen MR) is 154 cm³/mol. The molecule has 1 aliphatic heterocycles. The number of nitrogens with zero attached hydrogens (tertiary/aromatic N) is 2. The molecule has 1 unspecified atom stereocenters. The highest BCUT2D eigenvalue weighted by atomic mass is 32.2. The van der Waals surface area contributed by atoms with E-state index in [4.69, 9.17) is 5.73 Å². The van der Waals surface area contributed by atoms with Gasteiger partial charge in [0, 0.05) is 31.7 Å². The van der Waals surface area contributed by atoms with Crippen LogP contribution in [0, 0.1) is 0 Å². The first-order valence-electron chi connectivity index (χ1n) is 13.4. The number of hydrogen-bond donors (Lipinski definition) is 3. The van der Waals surface area contributed by atoms with E-state index in [2.05, 4.69) is 0 Å². The first-order valence-corrected chi connectivity index (χ1v) is 14.8. The number of alkyl halides is 3. The van der Waals surface area contributed by atoms with Crippen molar-refractivity contribution in [1.82, 2.24) is 8.87 Å². The summed E-state index contributed by atoms with van der Waals surface area (Å²) in [6.07, 6.45) is -4.49. The van der Waals surface area contributed by atoms with Gasteiger partial charge in [-0.1, -0.05) is 54.6 Å². The van der Waals surface area contributed by atoms with Crippen molar-refractivity contribution in [2.75, 3.05) is 25.4 Å². The normalized spacial score (nSPS) is 16.7. The third kappa shape index (κ3) is 5.51. The largest absolute Gasteiger partial charge is 0.480 e. The number of anilines is 1. The van der Waals surface area contributed by atoms with E-state index in [1.165, 1.54) is 6.07 Å². The van der Waals surface area contributed by atoms with E-state index in [0.29, 0.717) is 10.1 Å². The summed E-state index contributed by atoms with van der Waals surface area (Å²) in [5, 5.41) is 20.2. The van der Waals surface area contributed by atoms with Crippen LogP contribution in [0.25, 0.3) is 21.9 Å². The molecule has 13 heteroatoms. The number of unbranched alkanes of at least 4 members (excludes halogenated alkanes) is 1. The lowest BCUT2D eigenvalue weighted by molar-refractivity contribution is -0.141. The molecule has 0 saturated heterocycles. The molecule has 226 valence electrons. The highest BCUT2D eigenvalue weighted by Gasteiger charge is 2.44. The summed E-state index contributed by atoms with van der Waals surface area (Å²) in [7, 11) is -4.64. The van der Waals surface area contributed by atoms with Gasteiger partial charge in [-0.25, -0.2) is 13.2 Å². The van der Waals surface area contributed by atoms with E-state index in [-0.39, 0.29) is 49.1 Å². The third-order valence-corrected chi connectivity index (χ3v) is 9.51. The van der Waals surface area contributed by atoms with Crippen LogP contribution in [-0.2, 0) is 27.4 Å². The number of hydrogen-bond acceptors (Lipinski definition) is 6. The second kappa shape index (κ2) is 11.5. The summed E-state index contributed by atoms with van der Waals surface area (Å²) in [6.45, 7) is -1.00. The third-order valence-electron chi connectivity index (χ3n) is 7.61. The number of aliphatic hydroxyl groups is 1. The molecule has 43 heavy (non-hydrogen) atoms. The van der Waals surface area contributed by atoms with E-state index in [1.54, 1.807) is 18.2 Å². The quantitative estimate of drug-likeness (QED) is 0.251. The molecule has 4 N–H and O–H groups in total. The van der Waals surface area contributed by atoms with E-state index in [9.17, 15) is 41.4 Å². The van der Waals surface area contributed by atoms with Gasteiger partial charge in [0.2, 0.25) is 0 Å². The second-order valence-electron chi connectivity index (χ2n) is 10.3. The van der Waals surface area contributed by atoms with Crippen molar-refractivity contribution < 1.29 is 36.6 Å². The van der Waals surface area contributed by atoms with Crippen LogP contribution in [0.2, 0.25) is 0 Å². The Bertz CT molecular complexity index is 1880. The van der Waals surface area contributed by atoms with Gasteiger partial charge in [0.15, 0.2) is 5.03 Å². The Morgan fingerprint density at radius 1 is 1.02 bits per heavy atom. The molecular formula is C30H28F3N3O6S. The number of aliphatic hydroxyl groups excluding tert-OH is 1. The standard InChI is InChI=1S/C30H28F3N3O6S/c31-30(32,33)21-11-6-10-20(15-21)25-23(16-19-9-5-8-18-7-1-2-12-22(18)19)26(34)27(38)36-24(29(39)40)17-35(13-3-4-14-37)43(41,42)28(25)36/h1-2,5-12,15,24,37H,3-4,13-14,16-17,34H2,(H,39,40). The number of carbonyl (C=O) groups is 1. The summed E-state index contributed by atoms with van der Waals surface area (Å²) in [6, 6.07) is 14.9. The van der Waals surface area contributed by atoms with Crippen molar-refractivity contribution >= 4 is 32.5 Å². The average molecular weight is 616 g/mol. The van der Waals surface area contributed by atoms with Crippen LogP contribution in [0.15, 0.2) is 76.6 Å². The van der Waals surface area contributed by atoms with Crippen LogP contribution in [0.1, 0.15) is 35.6 Å². The highest BCUT2D eigenvalue weighted by Crippen LogP contribution is 2.41. The Morgan fingerprint density at radius 2 is 1.72 bits per heavy atom. The fraction of sp³-hybridized carbons (Fsp3) is 0.267. The molecule has 0 radical (unpaired) electrons. The lowest BCUT2D eigenvalue weighted by atomic mass is 9.92. The van der Waals surface area contributed by atoms with Gasteiger partial charge in [0.1, 0.15) is 11.7 Å². The fourth-order valence-corrected chi connectivity index (χ4v) is 7.45.